The molecule has 1 N–H and O–H groups in total. The number of nitrogens with zero attached hydrogens (tertiary/aromatic N) is 2. The minimum absolute atomic E-state index is 0.171. The van der Waals surface area contributed by atoms with Gasteiger partial charge in [-0.15, -0.1) is 0 Å². The number of β-amino-alcohol motifs (C(OH)–C–C–N with tert-alkyl or cyclic N) is 1. The molecule has 0 aromatic carbocycles. The zero-order valence-corrected chi connectivity index (χ0v) is 9.13. The SMILES string of the molecule is CC1CCN(Cc2cccnc2)CC1O. The molecule has 15 heavy (non-hydrogen) atoms. The van der Waals surface area contributed by atoms with Gasteiger partial charge in [0.25, 0.3) is 0 Å². The van der Waals surface area contributed by atoms with Gasteiger partial charge in [0.1, 0.15) is 0 Å². The van der Waals surface area contributed by atoms with Gasteiger partial charge in [0, 0.05) is 25.5 Å². The summed E-state index contributed by atoms with van der Waals surface area (Å²) in [5.74, 6) is 0.440. The Labute approximate surface area is 90.8 Å². The summed E-state index contributed by atoms with van der Waals surface area (Å²) in [6.45, 7) is 4.88. The number of hydrogen-bond acceptors (Lipinski definition) is 3. The molecule has 0 radical (unpaired) electrons. The molecule has 1 aromatic rings. The van der Waals surface area contributed by atoms with Crippen molar-refractivity contribution in [1.82, 2.24) is 9.88 Å². The molecule has 2 atom stereocenters. The van der Waals surface area contributed by atoms with Crippen LogP contribution >= 0.6 is 0 Å². The molecule has 0 bridgehead atoms. The lowest BCUT2D eigenvalue weighted by Crippen LogP contribution is -2.42. The highest BCUT2D eigenvalue weighted by molar-refractivity contribution is 5.08. The topological polar surface area (TPSA) is 36.4 Å². The van der Waals surface area contributed by atoms with Crippen LogP contribution in [0.3, 0.4) is 0 Å². The number of aliphatic hydroxyl groups is 1. The maximum absolute atomic E-state index is 9.77. The summed E-state index contributed by atoms with van der Waals surface area (Å²) >= 11 is 0. The van der Waals surface area contributed by atoms with E-state index in [0.717, 1.165) is 26.1 Å². The number of piperidine rings is 1. The predicted octanol–water partition coefficient (Wildman–Crippen LogP) is 1.28. The van der Waals surface area contributed by atoms with Crippen molar-refractivity contribution >= 4 is 0 Å². The van der Waals surface area contributed by atoms with Gasteiger partial charge in [0.05, 0.1) is 6.10 Å². The van der Waals surface area contributed by atoms with E-state index in [-0.39, 0.29) is 6.10 Å². The maximum atomic E-state index is 9.77. The lowest BCUT2D eigenvalue weighted by atomic mass is 9.96. The van der Waals surface area contributed by atoms with E-state index in [2.05, 4.69) is 22.9 Å². The minimum atomic E-state index is -0.171. The average Bonchev–Trinajstić information content (AvgIpc) is 2.25. The zero-order chi connectivity index (χ0) is 10.7. The first kappa shape index (κ1) is 10.6. The molecule has 0 aliphatic carbocycles. The third-order valence-corrected chi connectivity index (χ3v) is 3.13. The van der Waals surface area contributed by atoms with Crippen LogP contribution < -0.4 is 0 Å². The van der Waals surface area contributed by atoms with Crippen LogP contribution in [0.25, 0.3) is 0 Å². The number of hydrogen-bond donors (Lipinski definition) is 1. The quantitative estimate of drug-likeness (QED) is 0.792. The molecule has 1 saturated heterocycles. The van der Waals surface area contributed by atoms with E-state index >= 15 is 0 Å². The summed E-state index contributed by atoms with van der Waals surface area (Å²) in [6.07, 6.45) is 4.60. The maximum Gasteiger partial charge on any atom is 0.0693 e. The Morgan fingerprint density at radius 3 is 3.13 bits per heavy atom. The molecule has 82 valence electrons. The lowest BCUT2D eigenvalue weighted by Gasteiger charge is -2.34. The number of likely N-dealkylation sites (tertiary alicyclic amines) is 1. The smallest absolute Gasteiger partial charge is 0.0693 e. The number of aliphatic hydroxyl groups excluding tert-OH is 1. The zero-order valence-electron chi connectivity index (χ0n) is 9.13. The van der Waals surface area contributed by atoms with Crippen molar-refractivity contribution in [2.75, 3.05) is 13.1 Å². The van der Waals surface area contributed by atoms with Gasteiger partial charge in [-0.05, 0) is 30.5 Å². The second kappa shape index (κ2) is 4.73. The summed E-state index contributed by atoms with van der Waals surface area (Å²) in [7, 11) is 0. The van der Waals surface area contributed by atoms with Crippen molar-refractivity contribution in [1.29, 1.82) is 0 Å². The van der Waals surface area contributed by atoms with Crippen LogP contribution in [-0.2, 0) is 6.54 Å². The Morgan fingerprint density at radius 2 is 2.47 bits per heavy atom. The standard InChI is InChI=1S/C12H18N2O/c1-10-4-6-14(9-12(10)15)8-11-3-2-5-13-7-11/h2-3,5,7,10,12,15H,4,6,8-9H2,1H3. The molecule has 2 rings (SSSR count). The van der Waals surface area contributed by atoms with E-state index in [4.69, 9.17) is 0 Å². The molecule has 1 aliphatic heterocycles. The van der Waals surface area contributed by atoms with Crippen molar-refractivity contribution in [2.24, 2.45) is 5.92 Å². The molecule has 1 fully saturated rings. The van der Waals surface area contributed by atoms with E-state index in [1.165, 1.54) is 5.56 Å². The van der Waals surface area contributed by atoms with Gasteiger partial charge in [0.15, 0.2) is 0 Å². The molecule has 2 unspecified atom stereocenters. The van der Waals surface area contributed by atoms with Gasteiger partial charge in [-0.2, -0.15) is 0 Å². The Morgan fingerprint density at radius 1 is 1.60 bits per heavy atom. The van der Waals surface area contributed by atoms with E-state index in [1.54, 1.807) is 6.20 Å². The third-order valence-electron chi connectivity index (χ3n) is 3.13. The van der Waals surface area contributed by atoms with Gasteiger partial charge in [-0.1, -0.05) is 13.0 Å². The van der Waals surface area contributed by atoms with Gasteiger partial charge in [-0.25, -0.2) is 0 Å². The Kier molecular flexibility index (Phi) is 3.34. The first-order chi connectivity index (χ1) is 7.25. The normalized spacial score (nSPS) is 27.9. The summed E-state index contributed by atoms with van der Waals surface area (Å²) in [5.41, 5.74) is 1.22. The minimum Gasteiger partial charge on any atom is -0.392 e. The number of aromatic nitrogens is 1. The Balaban J connectivity index is 1.91. The number of rotatable bonds is 2. The second-order valence-corrected chi connectivity index (χ2v) is 4.43. The van der Waals surface area contributed by atoms with E-state index < -0.39 is 0 Å². The highest BCUT2D eigenvalue weighted by Gasteiger charge is 2.23. The molecular weight excluding hydrogens is 188 g/mol. The summed E-state index contributed by atoms with van der Waals surface area (Å²) in [5, 5.41) is 9.77. The molecule has 3 nitrogen and oxygen atoms in total. The molecule has 3 heteroatoms. The van der Waals surface area contributed by atoms with Crippen LogP contribution in [0.1, 0.15) is 18.9 Å². The van der Waals surface area contributed by atoms with Crippen molar-refractivity contribution < 1.29 is 5.11 Å². The first-order valence-electron chi connectivity index (χ1n) is 5.55. The number of pyridine rings is 1. The first-order valence-corrected chi connectivity index (χ1v) is 5.55. The molecule has 0 amide bonds. The molecule has 2 heterocycles. The second-order valence-electron chi connectivity index (χ2n) is 4.43. The monoisotopic (exact) mass is 206 g/mol. The van der Waals surface area contributed by atoms with Gasteiger partial charge < -0.3 is 5.11 Å². The van der Waals surface area contributed by atoms with Crippen LogP contribution in [-0.4, -0.2) is 34.2 Å². The highest BCUT2D eigenvalue weighted by atomic mass is 16.3. The Hall–Kier alpha value is -0.930. The molecule has 0 saturated carbocycles. The van der Waals surface area contributed by atoms with Gasteiger partial charge in [-0.3, -0.25) is 9.88 Å². The van der Waals surface area contributed by atoms with E-state index in [0.29, 0.717) is 5.92 Å². The lowest BCUT2D eigenvalue weighted by molar-refractivity contribution is 0.0259. The summed E-state index contributed by atoms with van der Waals surface area (Å²) in [4.78, 5) is 6.39. The third kappa shape index (κ3) is 2.76. The van der Waals surface area contributed by atoms with Crippen molar-refractivity contribution in [3.05, 3.63) is 30.1 Å². The fraction of sp³-hybridized carbons (Fsp3) is 0.583. The fourth-order valence-corrected chi connectivity index (χ4v) is 2.01. The fourth-order valence-electron chi connectivity index (χ4n) is 2.01. The van der Waals surface area contributed by atoms with E-state index in [9.17, 15) is 5.11 Å². The molecular formula is C12H18N2O. The van der Waals surface area contributed by atoms with Crippen molar-refractivity contribution in [2.45, 2.75) is 26.0 Å². The van der Waals surface area contributed by atoms with Crippen LogP contribution in [0.2, 0.25) is 0 Å². The predicted molar refractivity (Wildman–Crippen MR) is 59.3 cm³/mol. The summed E-state index contributed by atoms with van der Waals surface area (Å²) < 4.78 is 0. The molecule has 1 aromatic heterocycles. The van der Waals surface area contributed by atoms with Gasteiger partial charge >= 0.3 is 0 Å². The average molecular weight is 206 g/mol. The van der Waals surface area contributed by atoms with Crippen LogP contribution in [0, 0.1) is 5.92 Å². The molecule has 0 spiro atoms. The van der Waals surface area contributed by atoms with Gasteiger partial charge in [0.2, 0.25) is 0 Å². The summed E-state index contributed by atoms with van der Waals surface area (Å²) in [6, 6.07) is 4.04. The Bertz CT molecular complexity index is 302. The highest BCUT2D eigenvalue weighted by Crippen LogP contribution is 2.18. The van der Waals surface area contributed by atoms with Crippen LogP contribution in [0.15, 0.2) is 24.5 Å². The van der Waals surface area contributed by atoms with Crippen molar-refractivity contribution in [3.8, 4) is 0 Å². The van der Waals surface area contributed by atoms with Crippen LogP contribution in [0.4, 0.5) is 0 Å². The molecule has 1 aliphatic rings. The van der Waals surface area contributed by atoms with Crippen LogP contribution in [0.5, 0.6) is 0 Å². The largest absolute Gasteiger partial charge is 0.392 e. The van der Waals surface area contributed by atoms with Crippen molar-refractivity contribution in [3.63, 3.8) is 0 Å². The van der Waals surface area contributed by atoms with E-state index in [1.807, 2.05) is 12.3 Å².